The van der Waals surface area contributed by atoms with Crippen molar-refractivity contribution in [3.63, 3.8) is 0 Å². The lowest BCUT2D eigenvalue weighted by Crippen LogP contribution is -2.28. The zero-order valence-corrected chi connectivity index (χ0v) is 17.1. The van der Waals surface area contributed by atoms with Crippen molar-refractivity contribution >= 4 is 17.5 Å². The minimum atomic E-state index is 0.0255. The van der Waals surface area contributed by atoms with Crippen LogP contribution in [0.1, 0.15) is 21.5 Å². The van der Waals surface area contributed by atoms with Crippen LogP contribution in [0, 0.1) is 0 Å². The van der Waals surface area contributed by atoms with Gasteiger partial charge < -0.3 is 14.7 Å². The van der Waals surface area contributed by atoms with Crippen molar-refractivity contribution in [1.29, 1.82) is 0 Å². The predicted octanol–water partition coefficient (Wildman–Crippen LogP) is 3.64. The minimum absolute atomic E-state index is 0.0255. The Hall–Kier alpha value is -2.43. The molecule has 0 radical (unpaired) electrons. The van der Waals surface area contributed by atoms with Crippen LogP contribution >= 0.6 is 0 Å². The highest BCUT2D eigenvalue weighted by Gasteiger charge is 2.07. The van der Waals surface area contributed by atoms with Gasteiger partial charge in [-0.2, -0.15) is 0 Å². The van der Waals surface area contributed by atoms with Crippen LogP contribution in [-0.4, -0.2) is 63.9 Å². The fourth-order valence-electron chi connectivity index (χ4n) is 2.82. The first-order chi connectivity index (χ1) is 12.9. The molecule has 0 saturated carbocycles. The number of likely N-dealkylation sites (N-methyl/N-ethyl adjacent to an activating group) is 2. The van der Waals surface area contributed by atoms with E-state index < -0.39 is 0 Å². The summed E-state index contributed by atoms with van der Waals surface area (Å²) in [5, 5.41) is 0. The van der Waals surface area contributed by atoms with E-state index in [-0.39, 0.29) is 5.78 Å². The molecule has 0 N–H and O–H groups in total. The highest BCUT2D eigenvalue weighted by atomic mass is 16.1. The largest absolute Gasteiger partial charge is 0.373 e. The second kappa shape index (κ2) is 10.0. The van der Waals surface area contributed by atoms with Gasteiger partial charge in [-0.05, 0) is 57.5 Å². The first-order valence-electron chi connectivity index (χ1n) is 9.28. The normalized spacial score (nSPS) is 11.5. The van der Waals surface area contributed by atoms with Gasteiger partial charge in [0.25, 0.3) is 0 Å². The lowest BCUT2D eigenvalue weighted by atomic mass is 10.0. The monoisotopic (exact) mass is 365 g/mol. The van der Waals surface area contributed by atoms with Gasteiger partial charge in [0.1, 0.15) is 0 Å². The Bertz CT molecular complexity index is 781. The van der Waals surface area contributed by atoms with Gasteiger partial charge in [0.15, 0.2) is 5.78 Å². The molecule has 0 heterocycles. The number of benzene rings is 2. The summed E-state index contributed by atoms with van der Waals surface area (Å²) in [6.07, 6.45) is 3.59. The van der Waals surface area contributed by atoms with Crippen molar-refractivity contribution < 1.29 is 4.79 Å². The third kappa shape index (κ3) is 6.66. The number of hydrogen-bond donors (Lipinski definition) is 0. The number of carbonyl (C=O) groups excluding carboxylic acids is 1. The molecule has 2 rings (SSSR count). The maximum Gasteiger partial charge on any atom is 0.185 e. The van der Waals surface area contributed by atoms with E-state index in [1.54, 1.807) is 6.08 Å². The molecule has 0 fully saturated rings. The lowest BCUT2D eigenvalue weighted by Gasteiger charge is -2.21. The molecule has 0 atom stereocenters. The molecule has 0 aliphatic rings. The highest BCUT2D eigenvalue weighted by molar-refractivity contribution is 6.07. The molecule has 2 aromatic carbocycles. The summed E-state index contributed by atoms with van der Waals surface area (Å²) in [5.74, 6) is 0.0255. The minimum Gasteiger partial charge on any atom is -0.373 e. The van der Waals surface area contributed by atoms with E-state index in [9.17, 15) is 4.79 Å². The van der Waals surface area contributed by atoms with Crippen molar-refractivity contribution in [3.8, 4) is 0 Å². The number of allylic oxidation sites excluding steroid dienone is 1. The first kappa shape index (κ1) is 20.9. The van der Waals surface area contributed by atoms with Crippen LogP contribution in [0.4, 0.5) is 5.69 Å². The van der Waals surface area contributed by atoms with Crippen molar-refractivity contribution in [2.45, 2.75) is 6.54 Å². The van der Waals surface area contributed by atoms with Gasteiger partial charge in [0.05, 0.1) is 0 Å². The van der Waals surface area contributed by atoms with Crippen LogP contribution in [0.15, 0.2) is 54.6 Å². The average molecular weight is 366 g/mol. The van der Waals surface area contributed by atoms with E-state index in [0.717, 1.165) is 30.9 Å². The average Bonchev–Trinajstić information content (AvgIpc) is 2.64. The Labute approximate surface area is 163 Å². The Morgan fingerprint density at radius 3 is 2.33 bits per heavy atom. The molecular formula is C23H31N3O. The Kier molecular flexibility index (Phi) is 7.77. The Morgan fingerprint density at radius 1 is 0.889 bits per heavy atom. The van der Waals surface area contributed by atoms with Crippen molar-refractivity contribution in [3.05, 3.63) is 71.3 Å². The maximum atomic E-state index is 12.7. The second-order valence-electron chi connectivity index (χ2n) is 7.41. The third-order valence-electron chi connectivity index (χ3n) is 4.41. The fourth-order valence-corrected chi connectivity index (χ4v) is 2.82. The van der Waals surface area contributed by atoms with Crippen molar-refractivity contribution in [2.24, 2.45) is 0 Å². The van der Waals surface area contributed by atoms with Gasteiger partial charge in [0.2, 0.25) is 0 Å². The molecular weight excluding hydrogens is 334 g/mol. The lowest BCUT2D eigenvalue weighted by molar-refractivity contribution is 0.104. The molecule has 0 unspecified atom stereocenters. The third-order valence-corrected chi connectivity index (χ3v) is 4.41. The van der Waals surface area contributed by atoms with Crippen LogP contribution in [0.25, 0.3) is 6.08 Å². The van der Waals surface area contributed by atoms with Gasteiger partial charge in [-0.25, -0.2) is 0 Å². The van der Waals surface area contributed by atoms with E-state index in [2.05, 4.69) is 41.9 Å². The quantitative estimate of drug-likeness (QED) is 0.501. The van der Waals surface area contributed by atoms with Crippen LogP contribution in [-0.2, 0) is 6.54 Å². The fraction of sp³-hybridized carbons (Fsp3) is 0.348. The summed E-state index contributed by atoms with van der Waals surface area (Å²) in [6, 6.07) is 16.0. The van der Waals surface area contributed by atoms with Crippen LogP contribution in [0.5, 0.6) is 0 Å². The molecule has 4 heteroatoms. The molecule has 0 aliphatic heterocycles. The number of nitrogens with zero attached hydrogens (tertiary/aromatic N) is 3. The zero-order valence-electron chi connectivity index (χ0n) is 17.1. The standard InChI is InChI=1S/C23H31N3O/c1-24(2)15-16-26(5)22-12-8-11-20(17-22)23(27)14-13-19-9-6-7-10-21(19)18-25(3)4/h6-14,17H,15-16,18H2,1-5H3/b14-13+. The van der Waals surface area contributed by atoms with Gasteiger partial charge in [-0.1, -0.05) is 42.5 Å². The summed E-state index contributed by atoms with van der Waals surface area (Å²) in [7, 11) is 10.3. The van der Waals surface area contributed by atoms with Crippen molar-refractivity contribution in [1.82, 2.24) is 9.80 Å². The second-order valence-corrected chi connectivity index (χ2v) is 7.41. The topological polar surface area (TPSA) is 26.8 Å². The van der Waals surface area contributed by atoms with Gasteiger partial charge in [-0.15, -0.1) is 0 Å². The summed E-state index contributed by atoms with van der Waals surface area (Å²) in [4.78, 5) is 19.1. The molecule has 2 aromatic rings. The van der Waals surface area contributed by atoms with E-state index in [4.69, 9.17) is 0 Å². The molecule has 0 spiro atoms. The summed E-state index contributed by atoms with van der Waals surface area (Å²) in [5.41, 5.74) is 4.07. The Morgan fingerprint density at radius 2 is 1.63 bits per heavy atom. The number of rotatable bonds is 9. The van der Waals surface area contributed by atoms with Gasteiger partial charge >= 0.3 is 0 Å². The molecule has 0 bridgehead atoms. The first-order valence-corrected chi connectivity index (χ1v) is 9.28. The highest BCUT2D eigenvalue weighted by Crippen LogP contribution is 2.17. The molecule has 4 nitrogen and oxygen atoms in total. The molecule has 0 aliphatic carbocycles. The summed E-state index contributed by atoms with van der Waals surface area (Å²) >= 11 is 0. The SMILES string of the molecule is CN(C)CCN(C)c1cccc(C(=O)/C=C/c2ccccc2CN(C)C)c1. The number of anilines is 1. The van der Waals surface area contributed by atoms with Crippen LogP contribution in [0.2, 0.25) is 0 Å². The molecule has 0 amide bonds. The van der Waals surface area contributed by atoms with E-state index in [0.29, 0.717) is 5.56 Å². The number of carbonyl (C=O) groups is 1. The molecule has 27 heavy (non-hydrogen) atoms. The van der Waals surface area contributed by atoms with Crippen LogP contribution in [0.3, 0.4) is 0 Å². The zero-order chi connectivity index (χ0) is 19.8. The number of hydrogen-bond acceptors (Lipinski definition) is 4. The van der Waals surface area contributed by atoms with Crippen molar-refractivity contribution in [2.75, 3.05) is 53.2 Å². The van der Waals surface area contributed by atoms with E-state index in [1.807, 2.05) is 62.6 Å². The molecule has 144 valence electrons. The van der Waals surface area contributed by atoms with E-state index >= 15 is 0 Å². The predicted molar refractivity (Wildman–Crippen MR) is 115 cm³/mol. The summed E-state index contributed by atoms with van der Waals surface area (Å²) < 4.78 is 0. The van der Waals surface area contributed by atoms with Gasteiger partial charge in [0, 0.05) is 37.9 Å². The van der Waals surface area contributed by atoms with E-state index in [1.165, 1.54) is 5.56 Å². The smallest absolute Gasteiger partial charge is 0.185 e. The molecule has 0 aromatic heterocycles. The number of ketones is 1. The summed E-state index contributed by atoms with van der Waals surface area (Å²) in [6.45, 7) is 2.73. The molecule has 0 saturated heterocycles. The maximum absolute atomic E-state index is 12.7. The Balaban J connectivity index is 2.12. The van der Waals surface area contributed by atoms with Crippen LogP contribution < -0.4 is 4.90 Å². The van der Waals surface area contributed by atoms with Gasteiger partial charge in [-0.3, -0.25) is 4.79 Å².